The van der Waals surface area contributed by atoms with Gasteiger partial charge in [0, 0.05) is 13.0 Å². The lowest BCUT2D eigenvalue weighted by molar-refractivity contribution is -0.144. The van der Waals surface area contributed by atoms with Crippen molar-refractivity contribution >= 4 is 17.8 Å². The van der Waals surface area contributed by atoms with E-state index in [1.807, 2.05) is 18.2 Å². The van der Waals surface area contributed by atoms with Crippen molar-refractivity contribution in [2.75, 3.05) is 6.54 Å². The number of benzene rings is 1. The Labute approximate surface area is 109 Å². The lowest BCUT2D eigenvalue weighted by Crippen LogP contribution is -2.43. The Morgan fingerprint density at radius 1 is 1.32 bits per heavy atom. The molecule has 2 rings (SSSR count). The van der Waals surface area contributed by atoms with Crippen LogP contribution in [-0.4, -0.2) is 40.4 Å². The largest absolute Gasteiger partial charge is 0.479 e. The summed E-state index contributed by atoms with van der Waals surface area (Å²) >= 11 is 0. The van der Waals surface area contributed by atoms with Gasteiger partial charge in [0.25, 0.3) is 0 Å². The number of carbonyl (C=O) groups is 3. The van der Waals surface area contributed by atoms with Gasteiger partial charge in [-0.3, -0.25) is 9.69 Å². The predicted octanol–water partition coefficient (Wildman–Crippen LogP) is 1.05. The normalized spacial score (nSPS) is 18.4. The molecule has 19 heavy (non-hydrogen) atoms. The molecule has 1 N–H and O–H groups in total. The molecule has 100 valence electrons. The smallest absolute Gasteiger partial charge is 0.411 e. The van der Waals surface area contributed by atoms with Crippen molar-refractivity contribution in [2.24, 2.45) is 0 Å². The van der Waals surface area contributed by atoms with Crippen LogP contribution in [0.4, 0.5) is 4.79 Å². The summed E-state index contributed by atoms with van der Waals surface area (Å²) in [5.74, 6) is -1.79. The van der Waals surface area contributed by atoms with Gasteiger partial charge < -0.3 is 9.84 Å². The van der Waals surface area contributed by atoms with Crippen LogP contribution in [0, 0.1) is 0 Å². The number of hydrogen-bond donors (Lipinski definition) is 1. The van der Waals surface area contributed by atoms with Gasteiger partial charge in [-0.25, -0.2) is 9.59 Å². The maximum atomic E-state index is 11.8. The summed E-state index contributed by atoms with van der Waals surface area (Å²) in [7, 11) is 0. The van der Waals surface area contributed by atoms with Crippen LogP contribution >= 0.6 is 0 Å². The summed E-state index contributed by atoms with van der Waals surface area (Å²) in [5, 5.41) is 8.92. The van der Waals surface area contributed by atoms with Gasteiger partial charge in [0.1, 0.15) is 6.61 Å². The topological polar surface area (TPSA) is 83.9 Å². The van der Waals surface area contributed by atoms with Gasteiger partial charge in [0.2, 0.25) is 0 Å². The van der Waals surface area contributed by atoms with Gasteiger partial charge in [-0.1, -0.05) is 30.3 Å². The molecule has 1 atom stereocenters. The molecule has 1 aliphatic heterocycles. The van der Waals surface area contributed by atoms with E-state index >= 15 is 0 Å². The number of carboxylic acid groups (broad SMARTS) is 1. The van der Waals surface area contributed by atoms with Crippen LogP contribution in [-0.2, 0) is 20.9 Å². The first-order valence-corrected chi connectivity index (χ1v) is 5.82. The van der Waals surface area contributed by atoms with Crippen molar-refractivity contribution < 1.29 is 24.2 Å². The van der Waals surface area contributed by atoms with E-state index in [2.05, 4.69) is 0 Å². The number of carbonyl (C=O) groups excluding carboxylic acids is 2. The molecule has 0 bridgehead atoms. The van der Waals surface area contributed by atoms with Gasteiger partial charge in [0.05, 0.1) is 0 Å². The molecule has 1 aliphatic rings. The van der Waals surface area contributed by atoms with Crippen LogP contribution in [0.1, 0.15) is 12.0 Å². The van der Waals surface area contributed by atoms with Crippen LogP contribution in [0.5, 0.6) is 0 Å². The summed E-state index contributed by atoms with van der Waals surface area (Å²) in [6.07, 6.45) is -0.723. The third kappa shape index (κ3) is 2.90. The number of nitrogens with zero attached hydrogens (tertiary/aromatic N) is 1. The molecule has 1 heterocycles. The van der Waals surface area contributed by atoms with E-state index in [-0.39, 0.29) is 19.6 Å². The van der Waals surface area contributed by atoms with Crippen LogP contribution in [0.2, 0.25) is 0 Å². The fraction of sp³-hybridized carbons (Fsp3) is 0.308. The van der Waals surface area contributed by atoms with Crippen molar-refractivity contribution in [3.63, 3.8) is 0 Å². The number of ketones is 1. The minimum absolute atomic E-state index is 0.0523. The van der Waals surface area contributed by atoms with Crippen molar-refractivity contribution in [1.29, 1.82) is 0 Å². The van der Waals surface area contributed by atoms with Crippen molar-refractivity contribution in [3.05, 3.63) is 35.9 Å². The monoisotopic (exact) mass is 263 g/mol. The number of likely N-dealkylation sites (tertiary alicyclic amines) is 1. The highest BCUT2D eigenvalue weighted by atomic mass is 16.6. The molecule has 1 saturated heterocycles. The van der Waals surface area contributed by atoms with Gasteiger partial charge in [0.15, 0.2) is 11.8 Å². The number of aliphatic carboxylic acids is 1. The summed E-state index contributed by atoms with van der Waals surface area (Å²) in [4.78, 5) is 35.0. The Morgan fingerprint density at radius 2 is 2.00 bits per heavy atom. The first kappa shape index (κ1) is 13.1. The quantitative estimate of drug-likeness (QED) is 0.824. The number of amides is 1. The molecular formula is C13H13NO5. The Bertz CT molecular complexity index is 499. The van der Waals surface area contributed by atoms with Gasteiger partial charge in [-0.05, 0) is 5.56 Å². The third-order valence-electron chi connectivity index (χ3n) is 2.89. The molecule has 0 aromatic heterocycles. The number of Topliss-reactive ketones (excluding diaryl/α,β-unsaturated/α-hetero) is 1. The first-order valence-electron chi connectivity index (χ1n) is 5.82. The predicted molar refractivity (Wildman–Crippen MR) is 64.4 cm³/mol. The molecule has 6 heteroatoms. The lowest BCUT2D eigenvalue weighted by Gasteiger charge is -2.19. The molecule has 6 nitrogen and oxygen atoms in total. The zero-order valence-corrected chi connectivity index (χ0v) is 10.1. The second kappa shape index (κ2) is 5.51. The second-order valence-corrected chi connectivity index (χ2v) is 4.19. The number of hydrogen-bond acceptors (Lipinski definition) is 4. The van der Waals surface area contributed by atoms with E-state index in [1.165, 1.54) is 0 Å². The molecule has 0 radical (unpaired) electrons. The molecule has 0 spiro atoms. The summed E-state index contributed by atoms with van der Waals surface area (Å²) in [6.45, 7) is 0.139. The lowest BCUT2D eigenvalue weighted by atomic mass is 10.2. The van der Waals surface area contributed by atoms with Crippen molar-refractivity contribution in [3.8, 4) is 0 Å². The Hall–Kier alpha value is -2.37. The second-order valence-electron chi connectivity index (χ2n) is 4.19. The molecule has 1 amide bonds. The Morgan fingerprint density at radius 3 is 2.63 bits per heavy atom. The van der Waals surface area contributed by atoms with E-state index in [0.717, 1.165) is 10.5 Å². The van der Waals surface area contributed by atoms with Crippen LogP contribution in [0.3, 0.4) is 0 Å². The van der Waals surface area contributed by atoms with Crippen molar-refractivity contribution in [1.82, 2.24) is 4.90 Å². The van der Waals surface area contributed by atoms with Crippen molar-refractivity contribution in [2.45, 2.75) is 19.1 Å². The van der Waals surface area contributed by atoms with E-state index in [9.17, 15) is 14.4 Å². The molecule has 0 unspecified atom stereocenters. The Kier molecular flexibility index (Phi) is 3.79. The average Bonchev–Trinajstić information content (AvgIpc) is 2.79. The van der Waals surface area contributed by atoms with E-state index < -0.39 is 23.9 Å². The van der Waals surface area contributed by atoms with Crippen LogP contribution in [0.15, 0.2) is 30.3 Å². The minimum Gasteiger partial charge on any atom is -0.479 e. The highest BCUT2D eigenvalue weighted by Crippen LogP contribution is 2.16. The highest BCUT2D eigenvalue weighted by Gasteiger charge is 2.41. The minimum atomic E-state index is -1.41. The fourth-order valence-electron chi connectivity index (χ4n) is 1.94. The van der Waals surface area contributed by atoms with E-state index in [0.29, 0.717) is 0 Å². The summed E-state index contributed by atoms with van der Waals surface area (Å²) in [6, 6.07) is 7.62. The van der Waals surface area contributed by atoms with Gasteiger partial charge in [-0.15, -0.1) is 0 Å². The fourth-order valence-corrected chi connectivity index (χ4v) is 1.94. The number of rotatable bonds is 3. The zero-order chi connectivity index (χ0) is 13.8. The van der Waals surface area contributed by atoms with E-state index in [4.69, 9.17) is 9.84 Å². The molecule has 1 aromatic rings. The maximum Gasteiger partial charge on any atom is 0.411 e. The molecular weight excluding hydrogens is 250 g/mol. The molecule has 1 fully saturated rings. The Balaban J connectivity index is 1.96. The van der Waals surface area contributed by atoms with Gasteiger partial charge in [-0.2, -0.15) is 0 Å². The zero-order valence-electron chi connectivity index (χ0n) is 10.1. The van der Waals surface area contributed by atoms with Crippen LogP contribution in [0.25, 0.3) is 0 Å². The number of ether oxygens (including phenoxy) is 1. The number of carboxylic acids is 1. The first-order chi connectivity index (χ1) is 9.09. The van der Waals surface area contributed by atoms with E-state index in [1.54, 1.807) is 12.1 Å². The third-order valence-corrected chi connectivity index (χ3v) is 2.89. The standard InChI is InChI=1S/C13H13NO5/c15-10-6-7-14(11(10)12(16)17)13(18)19-8-9-4-2-1-3-5-9/h1-5,11H,6-8H2,(H,16,17)/t11-/m0/s1. The molecule has 0 aliphatic carbocycles. The highest BCUT2D eigenvalue weighted by molar-refractivity contribution is 6.06. The van der Waals surface area contributed by atoms with Crippen LogP contribution < -0.4 is 0 Å². The average molecular weight is 263 g/mol. The summed E-state index contributed by atoms with van der Waals surface area (Å²) in [5.41, 5.74) is 0.799. The summed E-state index contributed by atoms with van der Waals surface area (Å²) < 4.78 is 5.01. The molecule has 1 aromatic carbocycles. The van der Waals surface area contributed by atoms with Gasteiger partial charge >= 0.3 is 12.1 Å². The SMILES string of the molecule is O=C(O)[C@@H]1C(=O)CCN1C(=O)OCc1ccccc1. The molecule has 0 saturated carbocycles. The maximum absolute atomic E-state index is 11.8.